The quantitative estimate of drug-likeness (QED) is 0.375. The average Bonchev–Trinajstić information content (AvgIpc) is 2.61. The van der Waals surface area contributed by atoms with Crippen molar-refractivity contribution in [2.75, 3.05) is 6.61 Å². The Hall–Kier alpha value is -0.0400. The van der Waals surface area contributed by atoms with E-state index in [1.54, 1.807) is 0 Å². The van der Waals surface area contributed by atoms with Crippen molar-refractivity contribution in [1.29, 1.82) is 0 Å². The van der Waals surface area contributed by atoms with E-state index in [2.05, 4.69) is 20.8 Å². The summed E-state index contributed by atoms with van der Waals surface area (Å²) in [6.45, 7) is 7.75. The van der Waals surface area contributed by atoms with Crippen LogP contribution in [0, 0.1) is 17.8 Å². The van der Waals surface area contributed by atoms with E-state index in [-0.39, 0.29) is 5.60 Å². The third kappa shape index (κ3) is 6.04. The van der Waals surface area contributed by atoms with Crippen LogP contribution in [0.3, 0.4) is 0 Å². The van der Waals surface area contributed by atoms with Crippen molar-refractivity contribution in [3.05, 3.63) is 0 Å². The van der Waals surface area contributed by atoms with Gasteiger partial charge in [-0.05, 0) is 69.6 Å². The summed E-state index contributed by atoms with van der Waals surface area (Å²) in [4.78, 5) is 0. The number of hydrogen-bond acceptors (Lipinski definition) is 1. The molecule has 2 saturated carbocycles. The van der Waals surface area contributed by atoms with Crippen LogP contribution in [-0.4, -0.2) is 12.2 Å². The highest BCUT2D eigenvalue weighted by atomic mass is 16.5. The summed E-state index contributed by atoms with van der Waals surface area (Å²) in [5, 5.41) is 0. The summed E-state index contributed by atoms with van der Waals surface area (Å²) in [5.41, 5.74) is 0.248. The van der Waals surface area contributed by atoms with Crippen molar-refractivity contribution in [1.82, 2.24) is 0 Å². The first-order valence-electron chi connectivity index (χ1n) is 11.4. The molecule has 142 valence electrons. The normalized spacial score (nSPS) is 34.4. The monoisotopic (exact) mass is 336 g/mol. The van der Waals surface area contributed by atoms with Gasteiger partial charge in [0.15, 0.2) is 0 Å². The summed E-state index contributed by atoms with van der Waals surface area (Å²) >= 11 is 0. The molecule has 2 fully saturated rings. The maximum atomic E-state index is 6.34. The SMILES string of the molecule is CCCCCCC1(OCC)CCC(C2CCC(CCC)CC2)CC1. The lowest BCUT2D eigenvalue weighted by Crippen LogP contribution is -2.39. The molecule has 2 aliphatic carbocycles. The Kier molecular flexibility index (Phi) is 9.16. The molecule has 24 heavy (non-hydrogen) atoms. The van der Waals surface area contributed by atoms with Crippen LogP contribution in [0.15, 0.2) is 0 Å². The second-order valence-corrected chi connectivity index (χ2v) is 8.83. The predicted molar refractivity (Wildman–Crippen MR) is 105 cm³/mol. The Morgan fingerprint density at radius 2 is 1.42 bits per heavy atom. The Balaban J connectivity index is 1.75. The molecular formula is C23H44O. The van der Waals surface area contributed by atoms with Crippen LogP contribution < -0.4 is 0 Å². The molecule has 0 spiro atoms. The van der Waals surface area contributed by atoms with Crippen LogP contribution in [0.5, 0.6) is 0 Å². The van der Waals surface area contributed by atoms with Crippen LogP contribution in [-0.2, 0) is 4.74 Å². The molecule has 0 saturated heterocycles. The molecule has 0 aromatic heterocycles. The van der Waals surface area contributed by atoms with E-state index in [9.17, 15) is 0 Å². The van der Waals surface area contributed by atoms with Gasteiger partial charge in [0, 0.05) is 6.61 Å². The fourth-order valence-corrected chi connectivity index (χ4v) is 5.64. The van der Waals surface area contributed by atoms with Gasteiger partial charge in [-0.15, -0.1) is 0 Å². The Morgan fingerprint density at radius 1 is 0.750 bits per heavy atom. The highest BCUT2D eigenvalue weighted by Gasteiger charge is 2.38. The second-order valence-electron chi connectivity index (χ2n) is 8.83. The first kappa shape index (κ1) is 20.3. The van der Waals surface area contributed by atoms with Crippen molar-refractivity contribution >= 4 is 0 Å². The Labute approximate surface area is 152 Å². The lowest BCUT2D eigenvalue weighted by Gasteiger charge is -2.44. The number of hydrogen-bond donors (Lipinski definition) is 0. The Morgan fingerprint density at radius 3 is 2.00 bits per heavy atom. The molecule has 0 aliphatic heterocycles. The van der Waals surface area contributed by atoms with Crippen molar-refractivity contribution in [2.24, 2.45) is 17.8 Å². The zero-order chi connectivity index (χ0) is 17.3. The lowest BCUT2D eigenvalue weighted by atomic mass is 9.67. The summed E-state index contributed by atoms with van der Waals surface area (Å²) in [6.07, 6.45) is 21.3. The third-order valence-corrected chi connectivity index (χ3v) is 7.13. The van der Waals surface area contributed by atoms with Gasteiger partial charge in [0.1, 0.15) is 0 Å². The molecule has 0 aromatic rings. The molecule has 0 aromatic carbocycles. The highest BCUT2D eigenvalue weighted by Crippen LogP contribution is 2.45. The van der Waals surface area contributed by atoms with Gasteiger partial charge in [0.2, 0.25) is 0 Å². The van der Waals surface area contributed by atoms with Gasteiger partial charge in [-0.1, -0.05) is 65.2 Å². The first-order valence-corrected chi connectivity index (χ1v) is 11.4. The van der Waals surface area contributed by atoms with Crippen LogP contribution in [0.4, 0.5) is 0 Å². The van der Waals surface area contributed by atoms with Gasteiger partial charge in [-0.3, -0.25) is 0 Å². The zero-order valence-electron chi connectivity index (χ0n) is 17.0. The van der Waals surface area contributed by atoms with Crippen LogP contribution in [0.2, 0.25) is 0 Å². The topological polar surface area (TPSA) is 9.23 Å². The number of ether oxygens (including phenoxy) is 1. The molecule has 0 amide bonds. The van der Waals surface area contributed by atoms with Crippen LogP contribution in [0.1, 0.15) is 117 Å². The molecule has 0 bridgehead atoms. The highest BCUT2D eigenvalue weighted by molar-refractivity contribution is 4.90. The van der Waals surface area contributed by atoms with E-state index >= 15 is 0 Å². The largest absolute Gasteiger partial charge is 0.375 e. The summed E-state index contributed by atoms with van der Waals surface area (Å²) in [5.74, 6) is 3.10. The minimum absolute atomic E-state index is 0.248. The van der Waals surface area contributed by atoms with Crippen LogP contribution in [0.25, 0.3) is 0 Å². The van der Waals surface area contributed by atoms with Crippen molar-refractivity contribution in [2.45, 2.75) is 123 Å². The summed E-state index contributed by atoms with van der Waals surface area (Å²) < 4.78 is 6.34. The summed E-state index contributed by atoms with van der Waals surface area (Å²) in [6, 6.07) is 0. The lowest BCUT2D eigenvalue weighted by molar-refractivity contribution is -0.0855. The number of rotatable bonds is 10. The smallest absolute Gasteiger partial charge is 0.0682 e. The minimum atomic E-state index is 0.248. The standard InChI is InChI=1S/C23H44O/c1-4-7-8-9-17-23(24-6-3)18-15-22(16-19-23)21-13-11-20(10-5-2)12-14-21/h20-22H,4-19H2,1-3H3. The van der Waals surface area contributed by atoms with E-state index in [0.29, 0.717) is 0 Å². The van der Waals surface area contributed by atoms with Gasteiger partial charge in [-0.2, -0.15) is 0 Å². The van der Waals surface area contributed by atoms with Gasteiger partial charge in [0.05, 0.1) is 5.60 Å². The molecule has 0 unspecified atom stereocenters. The Bertz CT molecular complexity index is 308. The first-order chi connectivity index (χ1) is 11.7. The van der Waals surface area contributed by atoms with Gasteiger partial charge < -0.3 is 4.74 Å². The van der Waals surface area contributed by atoms with E-state index < -0.39 is 0 Å². The van der Waals surface area contributed by atoms with E-state index in [0.717, 1.165) is 24.4 Å². The number of unbranched alkanes of at least 4 members (excludes halogenated alkanes) is 3. The molecule has 0 radical (unpaired) electrons. The van der Waals surface area contributed by atoms with Gasteiger partial charge in [0.25, 0.3) is 0 Å². The zero-order valence-corrected chi connectivity index (χ0v) is 17.0. The van der Waals surface area contributed by atoms with Crippen LogP contribution >= 0.6 is 0 Å². The van der Waals surface area contributed by atoms with Crippen molar-refractivity contribution in [3.63, 3.8) is 0 Å². The van der Waals surface area contributed by atoms with Gasteiger partial charge >= 0.3 is 0 Å². The van der Waals surface area contributed by atoms with E-state index in [1.165, 1.54) is 96.3 Å². The third-order valence-electron chi connectivity index (χ3n) is 7.13. The van der Waals surface area contributed by atoms with Crippen molar-refractivity contribution in [3.8, 4) is 0 Å². The summed E-state index contributed by atoms with van der Waals surface area (Å²) in [7, 11) is 0. The molecular weight excluding hydrogens is 292 g/mol. The maximum Gasteiger partial charge on any atom is 0.0682 e. The molecule has 2 aliphatic rings. The fraction of sp³-hybridized carbons (Fsp3) is 1.00. The van der Waals surface area contributed by atoms with Gasteiger partial charge in [-0.25, -0.2) is 0 Å². The minimum Gasteiger partial charge on any atom is -0.375 e. The molecule has 2 rings (SSSR count). The molecule has 1 nitrogen and oxygen atoms in total. The van der Waals surface area contributed by atoms with E-state index in [4.69, 9.17) is 4.74 Å². The van der Waals surface area contributed by atoms with E-state index in [1.807, 2.05) is 0 Å². The maximum absolute atomic E-state index is 6.34. The van der Waals surface area contributed by atoms with Crippen molar-refractivity contribution < 1.29 is 4.74 Å². The molecule has 0 heterocycles. The molecule has 1 heteroatoms. The fourth-order valence-electron chi connectivity index (χ4n) is 5.64. The molecule has 0 N–H and O–H groups in total. The molecule has 0 atom stereocenters. The average molecular weight is 337 g/mol. The second kappa shape index (κ2) is 10.8. The predicted octanol–water partition coefficient (Wildman–Crippen LogP) is 7.53.